The van der Waals surface area contributed by atoms with Crippen molar-refractivity contribution in [3.8, 4) is 0 Å². The SMILES string of the molecule is O=C(O)Cc1cn(CCC23CC4CC(CC(C4)C2)C3)nn1. The van der Waals surface area contributed by atoms with Gasteiger partial charge in [-0.3, -0.25) is 9.48 Å². The summed E-state index contributed by atoms with van der Waals surface area (Å²) in [4.78, 5) is 10.7. The van der Waals surface area contributed by atoms with Gasteiger partial charge in [-0.15, -0.1) is 5.10 Å². The lowest BCUT2D eigenvalue weighted by Gasteiger charge is -2.57. The van der Waals surface area contributed by atoms with Crippen LogP contribution in [-0.4, -0.2) is 26.1 Å². The first kappa shape index (κ1) is 13.3. The maximum Gasteiger partial charge on any atom is 0.309 e. The van der Waals surface area contributed by atoms with E-state index in [0.717, 1.165) is 24.3 Å². The van der Waals surface area contributed by atoms with Gasteiger partial charge in [0.1, 0.15) is 0 Å². The van der Waals surface area contributed by atoms with Gasteiger partial charge >= 0.3 is 5.97 Å². The first-order valence-electron chi connectivity index (χ1n) is 8.21. The Balaban J connectivity index is 1.40. The number of hydrogen-bond donors (Lipinski definition) is 1. The summed E-state index contributed by atoms with van der Waals surface area (Å²) in [5.74, 6) is 2.10. The Hall–Kier alpha value is -1.39. The number of carboxylic acid groups (broad SMARTS) is 1. The Morgan fingerprint density at radius 3 is 2.43 bits per heavy atom. The van der Waals surface area contributed by atoms with E-state index in [4.69, 9.17) is 5.11 Å². The minimum atomic E-state index is -0.844. The molecule has 0 unspecified atom stereocenters. The molecule has 0 radical (unpaired) electrons. The second-order valence-electron chi connectivity index (χ2n) is 7.71. The van der Waals surface area contributed by atoms with Gasteiger partial charge in [0, 0.05) is 12.7 Å². The monoisotopic (exact) mass is 289 g/mol. The molecule has 4 aliphatic rings. The van der Waals surface area contributed by atoms with E-state index < -0.39 is 5.97 Å². The fourth-order valence-electron chi connectivity index (χ4n) is 5.63. The minimum absolute atomic E-state index is 0.0304. The number of rotatable bonds is 5. The number of carbonyl (C=O) groups is 1. The highest BCUT2D eigenvalue weighted by atomic mass is 16.4. The summed E-state index contributed by atoms with van der Waals surface area (Å²) < 4.78 is 1.84. The van der Waals surface area contributed by atoms with Crippen LogP contribution in [0.5, 0.6) is 0 Å². The van der Waals surface area contributed by atoms with Crippen molar-refractivity contribution in [1.82, 2.24) is 15.0 Å². The molecule has 1 aromatic rings. The number of carboxylic acids is 1. The second-order valence-corrected chi connectivity index (χ2v) is 7.71. The van der Waals surface area contributed by atoms with E-state index in [9.17, 15) is 4.79 Å². The zero-order valence-corrected chi connectivity index (χ0v) is 12.4. The largest absolute Gasteiger partial charge is 0.481 e. The molecule has 5 heteroatoms. The molecule has 5 nitrogen and oxygen atoms in total. The van der Waals surface area contributed by atoms with Crippen LogP contribution in [-0.2, 0) is 17.8 Å². The molecule has 0 aromatic carbocycles. The van der Waals surface area contributed by atoms with Crippen LogP contribution in [0.15, 0.2) is 6.20 Å². The summed E-state index contributed by atoms with van der Waals surface area (Å²) in [6.07, 6.45) is 11.6. The van der Waals surface area contributed by atoms with Crippen molar-refractivity contribution in [1.29, 1.82) is 0 Å². The first-order chi connectivity index (χ1) is 10.1. The lowest BCUT2D eigenvalue weighted by Crippen LogP contribution is -2.46. The predicted molar refractivity (Wildman–Crippen MR) is 76.6 cm³/mol. The Bertz CT molecular complexity index is 516. The van der Waals surface area contributed by atoms with Crippen molar-refractivity contribution in [2.24, 2.45) is 23.2 Å². The Labute approximate surface area is 124 Å². The van der Waals surface area contributed by atoms with E-state index in [1.165, 1.54) is 44.9 Å². The van der Waals surface area contributed by atoms with E-state index in [2.05, 4.69) is 10.3 Å². The molecule has 4 aliphatic carbocycles. The molecule has 0 aliphatic heterocycles. The third kappa shape index (κ3) is 2.58. The van der Waals surface area contributed by atoms with Gasteiger partial charge in [0.05, 0.1) is 12.1 Å². The summed E-state index contributed by atoms with van der Waals surface area (Å²) in [7, 11) is 0. The normalized spacial score (nSPS) is 37.0. The molecule has 1 aromatic heterocycles. The average molecular weight is 289 g/mol. The summed E-state index contributed by atoms with van der Waals surface area (Å²) in [6, 6.07) is 0. The molecule has 0 saturated heterocycles. The van der Waals surface area contributed by atoms with Gasteiger partial charge in [0.15, 0.2) is 0 Å². The smallest absolute Gasteiger partial charge is 0.309 e. The van der Waals surface area contributed by atoms with Gasteiger partial charge in [0.25, 0.3) is 0 Å². The van der Waals surface area contributed by atoms with Crippen LogP contribution < -0.4 is 0 Å². The van der Waals surface area contributed by atoms with E-state index >= 15 is 0 Å². The van der Waals surface area contributed by atoms with Crippen molar-refractivity contribution in [3.63, 3.8) is 0 Å². The third-order valence-corrected chi connectivity index (χ3v) is 5.95. The highest BCUT2D eigenvalue weighted by Gasteiger charge is 2.50. The number of aliphatic carboxylic acids is 1. The van der Waals surface area contributed by atoms with Gasteiger partial charge in [-0.2, -0.15) is 0 Å². The summed E-state index contributed by atoms with van der Waals surface area (Å²) in [5.41, 5.74) is 1.11. The van der Waals surface area contributed by atoms with Crippen molar-refractivity contribution < 1.29 is 9.90 Å². The van der Waals surface area contributed by atoms with Crippen molar-refractivity contribution in [2.75, 3.05) is 0 Å². The van der Waals surface area contributed by atoms with E-state index in [0.29, 0.717) is 11.1 Å². The van der Waals surface area contributed by atoms with Gasteiger partial charge in [-0.1, -0.05) is 5.21 Å². The molecule has 4 fully saturated rings. The number of nitrogens with zero attached hydrogens (tertiary/aromatic N) is 3. The Kier molecular flexibility index (Phi) is 3.05. The third-order valence-electron chi connectivity index (χ3n) is 5.95. The zero-order chi connectivity index (χ0) is 14.4. The van der Waals surface area contributed by atoms with Gasteiger partial charge in [-0.25, -0.2) is 0 Å². The van der Waals surface area contributed by atoms with Crippen molar-refractivity contribution in [2.45, 2.75) is 57.9 Å². The van der Waals surface area contributed by atoms with Crippen LogP contribution >= 0.6 is 0 Å². The van der Waals surface area contributed by atoms with Crippen LogP contribution in [0.2, 0.25) is 0 Å². The molecule has 21 heavy (non-hydrogen) atoms. The van der Waals surface area contributed by atoms with Crippen LogP contribution in [0.4, 0.5) is 0 Å². The van der Waals surface area contributed by atoms with Crippen LogP contribution in [0.3, 0.4) is 0 Å². The van der Waals surface area contributed by atoms with Gasteiger partial charge in [-0.05, 0) is 68.1 Å². The zero-order valence-electron chi connectivity index (χ0n) is 12.4. The van der Waals surface area contributed by atoms with Gasteiger partial charge in [0.2, 0.25) is 0 Å². The molecular formula is C16H23N3O2. The maximum atomic E-state index is 10.7. The molecule has 0 spiro atoms. The number of hydrogen-bond acceptors (Lipinski definition) is 3. The fraction of sp³-hybridized carbons (Fsp3) is 0.812. The van der Waals surface area contributed by atoms with Crippen molar-refractivity contribution >= 4 is 5.97 Å². The molecule has 4 saturated carbocycles. The lowest BCUT2D eigenvalue weighted by atomic mass is 9.49. The first-order valence-corrected chi connectivity index (χ1v) is 8.21. The Morgan fingerprint density at radius 1 is 1.24 bits per heavy atom. The van der Waals surface area contributed by atoms with E-state index in [-0.39, 0.29) is 6.42 Å². The minimum Gasteiger partial charge on any atom is -0.481 e. The molecule has 5 rings (SSSR count). The maximum absolute atomic E-state index is 10.7. The molecule has 1 N–H and O–H groups in total. The molecule has 1 heterocycles. The summed E-state index contributed by atoms with van der Waals surface area (Å²) >= 11 is 0. The van der Waals surface area contributed by atoms with Crippen molar-refractivity contribution in [3.05, 3.63) is 11.9 Å². The number of aromatic nitrogens is 3. The van der Waals surface area contributed by atoms with Crippen LogP contribution in [0, 0.1) is 23.2 Å². The highest BCUT2D eigenvalue weighted by molar-refractivity contribution is 5.69. The quantitative estimate of drug-likeness (QED) is 0.904. The van der Waals surface area contributed by atoms with Crippen LogP contribution in [0.1, 0.15) is 50.6 Å². The van der Waals surface area contributed by atoms with E-state index in [1.54, 1.807) is 6.20 Å². The lowest BCUT2D eigenvalue weighted by molar-refractivity contribution is -0.136. The highest BCUT2D eigenvalue weighted by Crippen LogP contribution is 2.61. The summed E-state index contributed by atoms with van der Waals surface area (Å²) in [6.45, 7) is 0.888. The standard InChI is InChI=1S/C16H23N3O2/c20-15(21)6-14-10-19(18-17-14)2-1-16-7-11-3-12(8-16)5-13(4-11)9-16/h10-13H,1-9H2,(H,20,21). The molecule has 4 bridgehead atoms. The average Bonchev–Trinajstić information content (AvgIpc) is 2.82. The second kappa shape index (κ2) is 4.82. The Morgan fingerprint density at radius 2 is 1.86 bits per heavy atom. The van der Waals surface area contributed by atoms with E-state index in [1.807, 2.05) is 4.68 Å². The topological polar surface area (TPSA) is 68.0 Å². The predicted octanol–water partition coefficient (Wildman–Crippen LogP) is 2.51. The fourth-order valence-corrected chi connectivity index (χ4v) is 5.63. The molecule has 0 atom stereocenters. The molecular weight excluding hydrogens is 266 g/mol. The summed E-state index contributed by atoms with van der Waals surface area (Å²) in [5, 5.41) is 16.8. The number of aryl methyl sites for hydroxylation is 1. The molecule has 114 valence electrons. The molecule has 0 amide bonds. The van der Waals surface area contributed by atoms with Crippen LogP contribution in [0.25, 0.3) is 0 Å². The van der Waals surface area contributed by atoms with Gasteiger partial charge < -0.3 is 5.11 Å².